The van der Waals surface area contributed by atoms with Crippen LogP contribution in [-0.2, 0) is 4.79 Å². The first-order chi connectivity index (χ1) is 11.0. The fraction of sp³-hybridized carbons (Fsp3) is 0.125. The summed E-state index contributed by atoms with van der Waals surface area (Å²) >= 11 is 7.45. The molecule has 2 heterocycles. The number of thiophene rings is 1. The van der Waals surface area contributed by atoms with Gasteiger partial charge in [-0.3, -0.25) is 9.89 Å². The van der Waals surface area contributed by atoms with E-state index < -0.39 is 0 Å². The summed E-state index contributed by atoms with van der Waals surface area (Å²) in [6, 6.07) is 11.4. The second-order valence-electron chi connectivity index (χ2n) is 5.11. The molecule has 0 saturated carbocycles. The van der Waals surface area contributed by atoms with Crippen LogP contribution in [0.4, 0.5) is 17.2 Å². The van der Waals surface area contributed by atoms with E-state index in [9.17, 15) is 4.79 Å². The zero-order valence-electron chi connectivity index (χ0n) is 12.6. The number of aromatic amines is 1. The Hall–Kier alpha value is -2.31. The Labute approximate surface area is 142 Å². The zero-order valence-corrected chi connectivity index (χ0v) is 14.2. The summed E-state index contributed by atoms with van der Waals surface area (Å²) in [5.41, 5.74) is 3.63. The molecule has 0 atom stereocenters. The van der Waals surface area contributed by atoms with Crippen molar-refractivity contribution in [3.63, 3.8) is 0 Å². The number of rotatable bonds is 4. The molecule has 0 aliphatic carbocycles. The maximum Gasteiger partial charge on any atom is 0.221 e. The van der Waals surface area contributed by atoms with Gasteiger partial charge < -0.3 is 10.6 Å². The molecule has 3 aromatic rings. The minimum Gasteiger partial charge on any atom is -0.339 e. The Morgan fingerprint density at radius 2 is 2.09 bits per heavy atom. The summed E-state index contributed by atoms with van der Waals surface area (Å²) in [5.74, 6) is 0.636. The molecule has 5 nitrogen and oxygen atoms in total. The molecule has 0 bridgehead atoms. The van der Waals surface area contributed by atoms with Crippen LogP contribution in [0, 0.1) is 6.92 Å². The predicted molar refractivity (Wildman–Crippen MR) is 95.7 cm³/mol. The summed E-state index contributed by atoms with van der Waals surface area (Å²) in [4.78, 5) is 12.1. The molecule has 0 aliphatic heterocycles. The topological polar surface area (TPSA) is 69.8 Å². The van der Waals surface area contributed by atoms with Gasteiger partial charge >= 0.3 is 0 Å². The first-order valence-corrected chi connectivity index (χ1v) is 8.17. The summed E-state index contributed by atoms with van der Waals surface area (Å²) in [6.45, 7) is 3.46. The van der Waals surface area contributed by atoms with Crippen LogP contribution in [0.2, 0.25) is 4.34 Å². The highest BCUT2D eigenvalue weighted by Crippen LogP contribution is 2.31. The van der Waals surface area contributed by atoms with Gasteiger partial charge in [0, 0.05) is 24.4 Å². The van der Waals surface area contributed by atoms with Crippen molar-refractivity contribution in [1.82, 2.24) is 10.2 Å². The summed E-state index contributed by atoms with van der Waals surface area (Å²) in [6.07, 6.45) is 0. The molecule has 118 valence electrons. The lowest BCUT2D eigenvalue weighted by molar-refractivity contribution is -0.114. The second-order valence-corrected chi connectivity index (χ2v) is 6.82. The molecule has 3 N–H and O–H groups in total. The number of amides is 1. The Balaban J connectivity index is 1.77. The van der Waals surface area contributed by atoms with E-state index >= 15 is 0 Å². The van der Waals surface area contributed by atoms with Gasteiger partial charge in [0.05, 0.1) is 14.9 Å². The number of anilines is 3. The number of nitrogens with one attached hydrogen (secondary N) is 3. The molecule has 0 radical (unpaired) electrons. The van der Waals surface area contributed by atoms with Crippen molar-refractivity contribution < 1.29 is 4.79 Å². The van der Waals surface area contributed by atoms with E-state index in [1.54, 1.807) is 0 Å². The monoisotopic (exact) mass is 346 g/mol. The van der Waals surface area contributed by atoms with Gasteiger partial charge in [-0.15, -0.1) is 11.3 Å². The number of hydrogen-bond donors (Lipinski definition) is 3. The van der Waals surface area contributed by atoms with Crippen LogP contribution in [-0.4, -0.2) is 16.1 Å². The van der Waals surface area contributed by atoms with Crippen LogP contribution < -0.4 is 10.6 Å². The second kappa shape index (κ2) is 6.44. The summed E-state index contributed by atoms with van der Waals surface area (Å²) in [7, 11) is 0. The Bertz CT molecular complexity index is 855. The molecule has 1 amide bonds. The van der Waals surface area contributed by atoms with Gasteiger partial charge in [-0.05, 0) is 42.8 Å². The molecule has 0 saturated heterocycles. The molecule has 2 aromatic heterocycles. The number of aromatic nitrogens is 2. The first-order valence-electron chi connectivity index (χ1n) is 6.97. The molecule has 23 heavy (non-hydrogen) atoms. The lowest BCUT2D eigenvalue weighted by Crippen LogP contribution is -2.06. The Morgan fingerprint density at radius 3 is 2.74 bits per heavy atom. The molecule has 0 aliphatic rings. The number of hydrogen-bond acceptors (Lipinski definition) is 4. The van der Waals surface area contributed by atoms with Crippen molar-refractivity contribution in [3.05, 3.63) is 46.3 Å². The van der Waals surface area contributed by atoms with E-state index in [-0.39, 0.29) is 5.91 Å². The van der Waals surface area contributed by atoms with Gasteiger partial charge in [0.1, 0.15) is 0 Å². The third kappa shape index (κ3) is 3.72. The van der Waals surface area contributed by atoms with Crippen LogP contribution in [0.25, 0.3) is 10.6 Å². The van der Waals surface area contributed by atoms with Crippen LogP contribution in [0.3, 0.4) is 0 Å². The zero-order chi connectivity index (χ0) is 16.4. The first kappa shape index (κ1) is 15.6. The average Bonchev–Trinajstić information content (AvgIpc) is 3.10. The van der Waals surface area contributed by atoms with Gasteiger partial charge in [-0.1, -0.05) is 11.6 Å². The summed E-state index contributed by atoms with van der Waals surface area (Å²) < 4.78 is 0.744. The number of H-pyrrole nitrogens is 1. The average molecular weight is 347 g/mol. The molecule has 0 fully saturated rings. The third-order valence-electron chi connectivity index (χ3n) is 3.23. The van der Waals surface area contributed by atoms with Crippen LogP contribution >= 0.6 is 22.9 Å². The number of carbonyl (C=O) groups is 1. The molecule has 1 aromatic carbocycles. The van der Waals surface area contributed by atoms with Gasteiger partial charge in [0.2, 0.25) is 5.91 Å². The van der Waals surface area contributed by atoms with E-state index in [0.29, 0.717) is 0 Å². The van der Waals surface area contributed by atoms with Gasteiger partial charge in [-0.25, -0.2) is 0 Å². The number of nitrogens with zero attached hydrogens (tertiary/aromatic N) is 1. The van der Waals surface area contributed by atoms with Crippen molar-refractivity contribution in [2.45, 2.75) is 13.8 Å². The minimum atomic E-state index is -0.0864. The van der Waals surface area contributed by atoms with Gasteiger partial charge in [0.15, 0.2) is 5.82 Å². The highest BCUT2D eigenvalue weighted by Gasteiger charge is 2.08. The molecule has 3 rings (SSSR count). The smallest absolute Gasteiger partial charge is 0.221 e. The third-order valence-corrected chi connectivity index (χ3v) is 4.49. The molecular weight excluding hydrogens is 332 g/mol. The highest BCUT2D eigenvalue weighted by molar-refractivity contribution is 7.19. The van der Waals surface area contributed by atoms with E-state index in [1.165, 1.54) is 18.3 Å². The van der Waals surface area contributed by atoms with E-state index in [1.807, 2.05) is 43.3 Å². The van der Waals surface area contributed by atoms with Crippen LogP contribution in [0.1, 0.15) is 12.5 Å². The molecular formula is C16H15ClN4OS. The van der Waals surface area contributed by atoms with Gasteiger partial charge in [0.25, 0.3) is 0 Å². The molecule has 0 spiro atoms. The van der Waals surface area contributed by atoms with Crippen molar-refractivity contribution >= 4 is 46.0 Å². The Morgan fingerprint density at radius 1 is 1.26 bits per heavy atom. The fourth-order valence-electron chi connectivity index (χ4n) is 2.19. The number of benzene rings is 1. The maximum atomic E-state index is 11.1. The largest absolute Gasteiger partial charge is 0.339 e. The standard InChI is InChI=1S/C16H15ClN4OS/c1-9-7-11(18-10(2)22)3-4-12(9)19-16-8-13(20-21-16)14-5-6-15(17)23-14/h3-8H,1-2H3,(H,18,22)(H2,19,20,21). The SMILES string of the molecule is CC(=O)Nc1ccc(Nc2cc(-c3ccc(Cl)s3)[nH]n2)c(C)c1. The highest BCUT2D eigenvalue weighted by atomic mass is 35.5. The van der Waals surface area contributed by atoms with Crippen LogP contribution in [0.5, 0.6) is 0 Å². The lowest BCUT2D eigenvalue weighted by Gasteiger charge is -2.09. The van der Waals surface area contributed by atoms with Crippen molar-refractivity contribution in [2.24, 2.45) is 0 Å². The number of halogens is 1. The van der Waals surface area contributed by atoms with Crippen LogP contribution in [0.15, 0.2) is 36.4 Å². The Kier molecular flexibility index (Phi) is 4.36. The van der Waals surface area contributed by atoms with Crippen molar-refractivity contribution in [3.8, 4) is 10.6 Å². The quantitative estimate of drug-likeness (QED) is 0.635. The lowest BCUT2D eigenvalue weighted by atomic mass is 10.1. The normalized spacial score (nSPS) is 10.6. The molecule has 7 heteroatoms. The van der Waals surface area contributed by atoms with E-state index in [0.717, 1.165) is 37.7 Å². The number of carbonyl (C=O) groups excluding carboxylic acids is 1. The summed E-state index contributed by atoms with van der Waals surface area (Å²) in [5, 5.41) is 13.3. The van der Waals surface area contributed by atoms with Crippen molar-refractivity contribution in [2.75, 3.05) is 10.6 Å². The number of aryl methyl sites for hydroxylation is 1. The fourth-order valence-corrected chi connectivity index (χ4v) is 3.20. The van der Waals surface area contributed by atoms with Crippen molar-refractivity contribution in [1.29, 1.82) is 0 Å². The maximum absolute atomic E-state index is 11.1. The van der Waals surface area contributed by atoms with E-state index in [4.69, 9.17) is 11.6 Å². The predicted octanol–water partition coefficient (Wildman–Crippen LogP) is 4.80. The van der Waals surface area contributed by atoms with E-state index in [2.05, 4.69) is 20.8 Å². The van der Waals surface area contributed by atoms with Gasteiger partial charge in [-0.2, -0.15) is 5.10 Å². The molecule has 0 unspecified atom stereocenters. The minimum absolute atomic E-state index is 0.0864.